The second kappa shape index (κ2) is 10.4. The number of hydrogen-bond donors (Lipinski definition) is 2. The van der Waals surface area contributed by atoms with Crippen molar-refractivity contribution in [1.29, 1.82) is 0 Å². The standard InChI is InChI=1S/C26H23Cl2NO5/c1-15-12-18(27)5-2-16(15)8-10-29-25(30)17-3-6-19(7-4-17)34-24-14-23-21(13-22(24)28)20(26(31)32)9-11-33-23/h2-7,12-14,20H,8-11H2,1H3,(H,29,30)(H,31,32). The highest BCUT2D eigenvalue weighted by atomic mass is 35.5. The second-order valence-corrected chi connectivity index (χ2v) is 8.90. The summed E-state index contributed by atoms with van der Waals surface area (Å²) in [7, 11) is 0. The van der Waals surface area contributed by atoms with Gasteiger partial charge in [-0.2, -0.15) is 0 Å². The van der Waals surface area contributed by atoms with Gasteiger partial charge in [-0.25, -0.2) is 0 Å². The summed E-state index contributed by atoms with van der Waals surface area (Å²) >= 11 is 12.3. The van der Waals surface area contributed by atoms with Gasteiger partial charge in [0.15, 0.2) is 0 Å². The predicted molar refractivity (Wildman–Crippen MR) is 131 cm³/mol. The monoisotopic (exact) mass is 499 g/mol. The molecular formula is C26H23Cl2NO5. The minimum atomic E-state index is -0.911. The number of aliphatic carboxylic acids is 1. The number of carboxylic acids is 1. The van der Waals surface area contributed by atoms with Crippen LogP contribution in [0.1, 0.15) is 39.4 Å². The maximum absolute atomic E-state index is 12.5. The van der Waals surface area contributed by atoms with Crippen molar-refractivity contribution >= 4 is 35.1 Å². The van der Waals surface area contributed by atoms with E-state index < -0.39 is 11.9 Å². The van der Waals surface area contributed by atoms with Crippen molar-refractivity contribution < 1.29 is 24.2 Å². The average molecular weight is 500 g/mol. The van der Waals surface area contributed by atoms with Crippen LogP contribution in [0.2, 0.25) is 10.0 Å². The largest absolute Gasteiger partial charge is 0.493 e. The first-order valence-corrected chi connectivity index (χ1v) is 11.6. The first-order chi connectivity index (χ1) is 16.3. The van der Waals surface area contributed by atoms with E-state index in [9.17, 15) is 14.7 Å². The van der Waals surface area contributed by atoms with E-state index in [0.29, 0.717) is 59.4 Å². The Morgan fingerprint density at radius 1 is 1.12 bits per heavy atom. The Kier molecular flexibility index (Phi) is 7.29. The van der Waals surface area contributed by atoms with Crippen LogP contribution in [0.4, 0.5) is 0 Å². The highest BCUT2D eigenvalue weighted by molar-refractivity contribution is 6.32. The van der Waals surface area contributed by atoms with Gasteiger partial charge in [0.05, 0.1) is 17.5 Å². The van der Waals surface area contributed by atoms with Crippen molar-refractivity contribution in [1.82, 2.24) is 5.32 Å². The Hall–Kier alpha value is -3.22. The van der Waals surface area contributed by atoms with E-state index in [-0.39, 0.29) is 10.9 Å². The van der Waals surface area contributed by atoms with Crippen molar-refractivity contribution in [2.24, 2.45) is 0 Å². The quantitative estimate of drug-likeness (QED) is 0.415. The first kappa shape index (κ1) is 23.9. The van der Waals surface area contributed by atoms with E-state index in [4.69, 9.17) is 32.7 Å². The molecule has 1 atom stereocenters. The molecule has 1 aliphatic heterocycles. The summed E-state index contributed by atoms with van der Waals surface area (Å²) in [4.78, 5) is 24.0. The highest BCUT2D eigenvalue weighted by Crippen LogP contribution is 2.41. The number of aryl methyl sites for hydroxylation is 1. The molecule has 0 aliphatic carbocycles. The summed E-state index contributed by atoms with van der Waals surface area (Å²) in [5.41, 5.74) is 3.27. The zero-order chi connectivity index (χ0) is 24.2. The fraction of sp³-hybridized carbons (Fsp3) is 0.231. The summed E-state index contributed by atoms with van der Waals surface area (Å²) in [5.74, 6) is -0.464. The van der Waals surface area contributed by atoms with E-state index >= 15 is 0 Å². The lowest BCUT2D eigenvalue weighted by atomic mass is 9.93. The molecule has 2 N–H and O–H groups in total. The summed E-state index contributed by atoms with van der Waals surface area (Å²) < 4.78 is 11.5. The topological polar surface area (TPSA) is 84.9 Å². The number of fused-ring (bicyclic) bond motifs is 1. The van der Waals surface area contributed by atoms with Crippen LogP contribution in [-0.2, 0) is 11.2 Å². The lowest BCUT2D eigenvalue weighted by Crippen LogP contribution is -2.25. The Balaban J connectivity index is 1.38. The van der Waals surface area contributed by atoms with Gasteiger partial charge in [0, 0.05) is 28.8 Å². The molecule has 0 saturated heterocycles. The average Bonchev–Trinajstić information content (AvgIpc) is 2.81. The Morgan fingerprint density at radius 2 is 1.88 bits per heavy atom. The van der Waals surface area contributed by atoms with E-state index in [1.165, 1.54) is 0 Å². The highest BCUT2D eigenvalue weighted by Gasteiger charge is 2.29. The van der Waals surface area contributed by atoms with E-state index in [2.05, 4.69) is 5.32 Å². The Bertz CT molecular complexity index is 1230. The van der Waals surface area contributed by atoms with Crippen LogP contribution in [-0.4, -0.2) is 30.1 Å². The minimum absolute atomic E-state index is 0.182. The van der Waals surface area contributed by atoms with Crippen LogP contribution < -0.4 is 14.8 Å². The number of halogens is 2. The van der Waals surface area contributed by atoms with Gasteiger partial charge in [0.1, 0.15) is 17.2 Å². The molecule has 4 rings (SSSR count). The number of benzene rings is 3. The SMILES string of the molecule is Cc1cc(Cl)ccc1CCNC(=O)c1ccc(Oc2cc3c(cc2Cl)C(C(=O)O)CCO3)cc1. The predicted octanol–water partition coefficient (Wildman–Crippen LogP) is 6.02. The van der Waals surface area contributed by atoms with Crippen LogP contribution >= 0.6 is 23.2 Å². The molecule has 0 aromatic heterocycles. The molecule has 3 aromatic rings. The summed E-state index contributed by atoms with van der Waals surface area (Å²) in [6, 6.07) is 15.6. The number of amides is 1. The molecular weight excluding hydrogens is 477 g/mol. The molecule has 0 radical (unpaired) electrons. The van der Waals surface area contributed by atoms with Gasteiger partial charge in [0.2, 0.25) is 0 Å². The Labute approximate surface area is 207 Å². The van der Waals surface area contributed by atoms with Crippen LogP contribution in [0.25, 0.3) is 0 Å². The van der Waals surface area contributed by atoms with Gasteiger partial charge in [-0.05, 0) is 73.4 Å². The molecule has 0 spiro atoms. The van der Waals surface area contributed by atoms with Gasteiger partial charge >= 0.3 is 5.97 Å². The van der Waals surface area contributed by atoms with Crippen molar-refractivity contribution in [3.8, 4) is 17.2 Å². The number of ether oxygens (including phenoxy) is 2. The Morgan fingerprint density at radius 3 is 2.59 bits per heavy atom. The molecule has 1 unspecified atom stereocenters. The molecule has 0 bridgehead atoms. The molecule has 0 saturated carbocycles. The normalized spacial score (nSPS) is 14.6. The van der Waals surface area contributed by atoms with Crippen LogP contribution in [0, 0.1) is 6.92 Å². The van der Waals surface area contributed by atoms with Crippen molar-refractivity contribution in [2.75, 3.05) is 13.2 Å². The third kappa shape index (κ3) is 5.46. The summed E-state index contributed by atoms with van der Waals surface area (Å²) in [6.07, 6.45) is 1.10. The fourth-order valence-electron chi connectivity index (χ4n) is 3.88. The van der Waals surface area contributed by atoms with Gasteiger partial charge in [-0.3, -0.25) is 9.59 Å². The maximum Gasteiger partial charge on any atom is 0.311 e. The molecule has 1 aliphatic rings. The number of carbonyl (C=O) groups excluding carboxylic acids is 1. The minimum Gasteiger partial charge on any atom is -0.493 e. The van der Waals surface area contributed by atoms with Gasteiger partial charge in [0.25, 0.3) is 5.91 Å². The molecule has 0 fully saturated rings. The summed E-state index contributed by atoms with van der Waals surface area (Å²) in [5, 5.41) is 13.3. The van der Waals surface area contributed by atoms with Gasteiger partial charge < -0.3 is 19.9 Å². The third-order valence-electron chi connectivity index (χ3n) is 5.73. The fourth-order valence-corrected chi connectivity index (χ4v) is 4.32. The van der Waals surface area contributed by atoms with Gasteiger partial charge in [-0.15, -0.1) is 0 Å². The number of nitrogens with one attached hydrogen (secondary N) is 1. The van der Waals surface area contributed by atoms with Crippen molar-refractivity contribution in [2.45, 2.75) is 25.7 Å². The number of rotatable bonds is 7. The second-order valence-electron chi connectivity index (χ2n) is 8.05. The molecule has 176 valence electrons. The van der Waals surface area contributed by atoms with Crippen LogP contribution in [0.15, 0.2) is 54.6 Å². The van der Waals surface area contributed by atoms with Crippen LogP contribution in [0.3, 0.4) is 0 Å². The van der Waals surface area contributed by atoms with Gasteiger partial charge in [-0.1, -0.05) is 29.3 Å². The molecule has 34 heavy (non-hydrogen) atoms. The molecule has 6 nitrogen and oxygen atoms in total. The van der Waals surface area contributed by atoms with E-state index in [1.807, 2.05) is 25.1 Å². The zero-order valence-electron chi connectivity index (χ0n) is 18.4. The van der Waals surface area contributed by atoms with Crippen LogP contribution in [0.5, 0.6) is 17.2 Å². The molecule has 1 amide bonds. The number of carbonyl (C=O) groups is 2. The lowest BCUT2D eigenvalue weighted by Gasteiger charge is -2.24. The third-order valence-corrected chi connectivity index (χ3v) is 6.26. The number of hydrogen-bond acceptors (Lipinski definition) is 4. The molecule has 1 heterocycles. The molecule has 8 heteroatoms. The van der Waals surface area contributed by atoms with Crippen molar-refractivity contribution in [3.63, 3.8) is 0 Å². The maximum atomic E-state index is 12.5. The van der Waals surface area contributed by atoms with Crippen molar-refractivity contribution in [3.05, 3.63) is 86.9 Å². The zero-order valence-corrected chi connectivity index (χ0v) is 19.9. The molecule has 3 aromatic carbocycles. The van der Waals surface area contributed by atoms with E-state index in [1.54, 1.807) is 36.4 Å². The smallest absolute Gasteiger partial charge is 0.311 e. The van der Waals surface area contributed by atoms with E-state index in [0.717, 1.165) is 11.1 Å². The lowest BCUT2D eigenvalue weighted by molar-refractivity contribution is -0.139. The first-order valence-electron chi connectivity index (χ1n) is 10.8. The summed E-state index contributed by atoms with van der Waals surface area (Å²) in [6.45, 7) is 2.81. The number of carboxylic acid groups (broad SMARTS) is 1.